The Morgan fingerprint density at radius 1 is 1.18 bits per heavy atom. The van der Waals surface area contributed by atoms with Gasteiger partial charge in [-0.1, -0.05) is 6.07 Å². The van der Waals surface area contributed by atoms with Crippen LogP contribution in [0.1, 0.15) is 29.2 Å². The molecule has 0 N–H and O–H groups in total. The van der Waals surface area contributed by atoms with E-state index < -0.39 is 0 Å². The molecule has 146 valence electrons. The van der Waals surface area contributed by atoms with Crippen molar-refractivity contribution in [1.82, 2.24) is 34.3 Å². The second-order valence-electron chi connectivity index (χ2n) is 7.82. The zero-order chi connectivity index (χ0) is 19.3. The molecular formula is C19H23N7OS. The summed E-state index contributed by atoms with van der Waals surface area (Å²) in [5, 5.41) is 15.4. The first-order valence-corrected chi connectivity index (χ1v) is 10.4. The quantitative estimate of drug-likeness (QED) is 0.660. The molecule has 0 aliphatic carbocycles. The maximum absolute atomic E-state index is 12.8. The number of nitrogens with zero attached hydrogens (tertiary/aromatic N) is 7. The predicted octanol–water partition coefficient (Wildman–Crippen LogP) is 1.82. The zero-order valence-electron chi connectivity index (χ0n) is 16.1. The first-order valence-electron chi connectivity index (χ1n) is 9.52. The third-order valence-electron chi connectivity index (χ3n) is 5.84. The summed E-state index contributed by atoms with van der Waals surface area (Å²) in [6.07, 6.45) is 3.59. The molecule has 8 nitrogen and oxygen atoms in total. The highest BCUT2D eigenvalue weighted by atomic mass is 32.1. The van der Waals surface area contributed by atoms with Crippen LogP contribution in [0.4, 0.5) is 0 Å². The average molecular weight is 398 g/mol. The van der Waals surface area contributed by atoms with Crippen LogP contribution in [0.2, 0.25) is 0 Å². The summed E-state index contributed by atoms with van der Waals surface area (Å²) >= 11 is 1.69. The monoisotopic (exact) mass is 397 g/mol. The summed E-state index contributed by atoms with van der Waals surface area (Å²) in [6.45, 7) is 3.17. The maximum Gasteiger partial charge on any atom is 0.274 e. The van der Waals surface area contributed by atoms with Crippen molar-refractivity contribution in [2.75, 3.05) is 26.7 Å². The van der Waals surface area contributed by atoms with Gasteiger partial charge in [-0.15, -0.1) is 21.5 Å². The number of thiophene rings is 1. The first-order chi connectivity index (χ1) is 13.6. The van der Waals surface area contributed by atoms with E-state index in [2.05, 4.69) is 49.3 Å². The Balaban J connectivity index is 1.44. The van der Waals surface area contributed by atoms with E-state index in [1.165, 1.54) is 0 Å². The van der Waals surface area contributed by atoms with Crippen LogP contribution in [0.5, 0.6) is 0 Å². The number of hydrogen-bond acceptors (Lipinski definition) is 6. The molecule has 3 aromatic heterocycles. The molecule has 0 atom stereocenters. The number of piperidine rings is 1. The standard InChI is InChI=1S/C19H23N7OS/c1-23-12-16-20-21-17(15-4-3-11-28-15)26(16)19(13-23)6-9-25(10-7-19)18(27)14-5-8-24(2)22-14/h3-5,8,11H,6-7,9-10,12-13H2,1-2H3. The van der Waals surface area contributed by atoms with E-state index in [1.54, 1.807) is 22.1 Å². The minimum absolute atomic E-state index is 0.0158. The van der Waals surface area contributed by atoms with E-state index >= 15 is 0 Å². The Kier molecular flexibility index (Phi) is 4.09. The molecule has 9 heteroatoms. The van der Waals surface area contributed by atoms with Crippen LogP contribution in [-0.2, 0) is 19.1 Å². The fourth-order valence-corrected chi connectivity index (χ4v) is 5.25. The Morgan fingerprint density at radius 2 is 2.00 bits per heavy atom. The Hall–Kier alpha value is -2.52. The molecule has 0 unspecified atom stereocenters. The van der Waals surface area contributed by atoms with Crippen molar-refractivity contribution >= 4 is 17.2 Å². The molecule has 0 saturated carbocycles. The fourth-order valence-electron chi connectivity index (χ4n) is 4.55. The summed E-state index contributed by atoms with van der Waals surface area (Å²) < 4.78 is 4.03. The van der Waals surface area contributed by atoms with Gasteiger partial charge in [0.25, 0.3) is 5.91 Å². The SMILES string of the molecule is CN1Cc2nnc(-c3cccs3)n2C2(CCN(C(=O)c3ccn(C)n3)CC2)C1. The van der Waals surface area contributed by atoms with E-state index in [0.717, 1.165) is 42.5 Å². The minimum Gasteiger partial charge on any atom is -0.337 e. The molecule has 1 saturated heterocycles. The smallest absolute Gasteiger partial charge is 0.274 e. The number of aryl methyl sites for hydroxylation is 1. The van der Waals surface area contributed by atoms with Crippen molar-refractivity contribution in [1.29, 1.82) is 0 Å². The molecule has 0 aromatic carbocycles. The van der Waals surface area contributed by atoms with Gasteiger partial charge in [0.05, 0.1) is 17.0 Å². The number of fused-ring (bicyclic) bond motifs is 2. The average Bonchev–Trinajstić information content (AvgIpc) is 3.41. The number of rotatable bonds is 2. The lowest BCUT2D eigenvalue weighted by Crippen LogP contribution is -2.56. The minimum atomic E-state index is -0.0773. The summed E-state index contributed by atoms with van der Waals surface area (Å²) in [5.41, 5.74) is 0.440. The van der Waals surface area contributed by atoms with Crippen molar-refractivity contribution in [3.8, 4) is 10.7 Å². The number of likely N-dealkylation sites (N-methyl/N-ethyl adjacent to an activating group) is 1. The van der Waals surface area contributed by atoms with Crippen molar-refractivity contribution in [2.24, 2.45) is 7.05 Å². The number of aromatic nitrogens is 5. The van der Waals surface area contributed by atoms with E-state index in [4.69, 9.17) is 0 Å². The van der Waals surface area contributed by atoms with Gasteiger partial charge in [-0.3, -0.25) is 14.4 Å². The predicted molar refractivity (Wildman–Crippen MR) is 106 cm³/mol. The highest BCUT2D eigenvalue weighted by Gasteiger charge is 2.44. The Bertz CT molecular complexity index is 998. The topological polar surface area (TPSA) is 72.1 Å². The molecule has 3 aromatic rings. The molecular weight excluding hydrogens is 374 g/mol. The molecule has 5 rings (SSSR count). The van der Waals surface area contributed by atoms with Gasteiger partial charge < -0.3 is 9.47 Å². The van der Waals surface area contributed by atoms with E-state index in [0.29, 0.717) is 18.8 Å². The van der Waals surface area contributed by atoms with Crippen LogP contribution >= 0.6 is 11.3 Å². The maximum atomic E-state index is 12.8. The summed E-state index contributed by atoms with van der Waals surface area (Å²) in [5.74, 6) is 1.99. The van der Waals surface area contributed by atoms with Gasteiger partial charge in [0.2, 0.25) is 0 Å². The second-order valence-corrected chi connectivity index (χ2v) is 8.76. The largest absolute Gasteiger partial charge is 0.337 e. The first kappa shape index (κ1) is 17.6. The summed E-state index contributed by atoms with van der Waals surface area (Å²) in [4.78, 5) is 18.2. The molecule has 1 amide bonds. The van der Waals surface area contributed by atoms with Crippen LogP contribution in [0, 0.1) is 0 Å². The molecule has 1 fully saturated rings. The van der Waals surface area contributed by atoms with E-state index in [9.17, 15) is 4.79 Å². The lowest BCUT2D eigenvalue weighted by molar-refractivity contribution is 0.0406. The highest BCUT2D eigenvalue weighted by Crippen LogP contribution is 2.39. The molecule has 2 aliphatic rings. The molecule has 2 aliphatic heterocycles. The summed E-state index contributed by atoms with van der Waals surface area (Å²) in [6, 6.07) is 5.94. The molecule has 0 radical (unpaired) electrons. The van der Waals surface area contributed by atoms with Crippen LogP contribution in [0.15, 0.2) is 29.8 Å². The van der Waals surface area contributed by atoms with Gasteiger partial charge in [-0.05, 0) is 37.4 Å². The Labute approximate surface area is 167 Å². The van der Waals surface area contributed by atoms with Crippen molar-refractivity contribution in [3.05, 3.63) is 41.3 Å². The van der Waals surface area contributed by atoms with Gasteiger partial charge in [-0.25, -0.2) is 0 Å². The summed E-state index contributed by atoms with van der Waals surface area (Å²) in [7, 11) is 3.97. The zero-order valence-corrected chi connectivity index (χ0v) is 16.9. The van der Waals surface area contributed by atoms with Crippen molar-refractivity contribution < 1.29 is 4.79 Å². The highest BCUT2D eigenvalue weighted by molar-refractivity contribution is 7.13. The van der Waals surface area contributed by atoms with Crippen LogP contribution in [0.3, 0.4) is 0 Å². The normalized spacial score (nSPS) is 19.1. The van der Waals surface area contributed by atoms with Crippen LogP contribution in [0.25, 0.3) is 10.7 Å². The number of carbonyl (C=O) groups excluding carboxylic acids is 1. The van der Waals surface area contributed by atoms with Crippen molar-refractivity contribution in [2.45, 2.75) is 24.9 Å². The number of likely N-dealkylation sites (tertiary alicyclic amines) is 1. The number of carbonyl (C=O) groups is 1. The van der Waals surface area contributed by atoms with Gasteiger partial charge >= 0.3 is 0 Å². The lowest BCUT2D eigenvalue weighted by Gasteiger charge is -2.48. The third-order valence-corrected chi connectivity index (χ3v) is 6.70. The van der Waals surface area contributed by atoms with Gasteiger partial charge in [-0.2, -0.15) is 5.10 Å². The Morgan fingerprint density at radius 3 is 2.68 bits per heavy atom. The molecule has 5 heterocycles. The van der Waals surface area contributed by atoms with Gasteiger partial charge in [0.1, 0.15) is 11.5 Å². The number of hydrogen-bond donors (Lipinski definition) is 0. The number of amides is 1. The van der Waals surface area contributed by atoms with Gasteiger partial charge in [0, 0.05) is 32.9 Å². The van der Waals surface area contributed by atoms with Crippen molar-refractivity contribution in [3.63, 3.8) is 0 Å². The lowest BCUT2D eigenvalue weighted by atomic mass is 9.84. The third kappa shape index (κ3) is 2.77. The molecule has 28 heavy (non-hydrogen) atoms. The van der Waals surface area contributed by atoms with E-state index in [1.807, 2.05) is 18.1 Å². The molecule has 1 spiro atoms. The second kappa shape index (κ2) is 6.52. The fraction of sp³-hybridized carbons (Fsp3) is 0.474. The van der Waals surface area contributed by atoms with E-state index in [-0.39, 0.29) is 11.4 Å². The van der Waals surface area contributed by atoms with Crippen LogP contribution in [-0.4, -0.2) is 66.9 Å². The molecule has 0 bridgehead atoms. The van der Waals surface area contributed by atoms with Crippen LogP contribution < -0.4 is 0 Å². The van der Waals surface area contributed by atoms with Gasteiger partial charge in [0.15, 0.2) is 5.82 Å².